The standard InChI is InChI=1S/C14H22N2O2S/c1-11-16-12(8-19-11)7-17-10-14-4-2-6-18-13(14)3-5-15-9-14/h8,13,15H,2-7,9-10H2,1H3. The van der Waals surface area contributed by atoms with Gasteiger partial charge in [0, 0.05) is 23.9 Å². The molecule has 0 radical (unpaired) electrons. The molecule has 3 heterocycles. The van der Waals surface area contributed by atoms with Crippen LogP contribution in [0.25, 0.3) is 0 Å². The van der Waals surface area contributed by atoms with Crippen LogP contribution in [0, 0.1) is 12.3 Å². The zero-order chi connectivity index (χ0) is 13.1. The van der Waals surface area contributed by atoms with Crippen LogP contribution in [0.15, 0.2) is 5.38 Å². The van der Waals surface area contributed by atoms with Crippen LogP contribution in [0.1, 0.15) is 30.0 Å². The minimum absolute atomic E-state index is 0.182. The SMILES string of the molecule is Cc1nc(COCC23CCCOC2CCNC3)cs1. The molecule has 1 aromatic rings. The summed E-state index contributed by atoms with van der Waals surface area (Å²) in [6.45, 7) is 6.44. The number of rotatable bonds is 4. The highest BCUT2D eigenvalue weighted by Gasteiger charge is 2.43. The van der Waals surface area contributed by atoms with Crippen LogP contribution in [0.2, 0.25) is 0 Å². The van der Waals surface area contributed by atoms with Crippen LogP contribution in [-0.2, 0) is 16.1 Å². The molecule has 2 saturated heterocycles. The summed E-state index contributed by atoms with van der Waals surface area (Å²) in [6, 6.07) is 0. The van der Waals surface area contributed by atoms with Gasteiger partial charge in [0.15, 0.2) is 0 Å². The number of ether oxygens (including phenoxy) is 2. The Balaban J connectivity index is 1.57. The second kappa shape index (κ2) is 5.87. The summed E-state index contributed by atoms with van der Waals surface area (Å²) in [4.78, 5) is 4.44. The maximum absolute atomic E-state index is 5.96. The number of hydrogen-bond donors (Lipinski definition) is 1. The maximum Gasteiger partial charge on any atom is 0.0898 e. The number of hydrogen-bond acceptors (Lipinski definition) is 5. The van der Waals surface area contributed by atoms with Crippen molar-refractivity contribution in [3.63, 3.8) is 0 Å². The number of piperidine rings is 1. The van der Waals surface area contributed by atoms with E-state index in [2.05, 4.69) is 15.7 Å². The molecule has 3 rings (SSSR count). The Morgan fingerprint density at radius 1 is 1.63 bits per heavy atom. The number of nitrogens with zero attached hydrogens (tertiary/aromatic N) is 1. The van der Waals surface area contributed by atoms with E-state index >= 15 is 0 Å². The summed E-state index contributed by atoms with van der Waals surface area (Å²) in [7, 11) is 0. The van der Waals surface area contributed by atoms with Crippen LogP contribution >= 0.6 is 11.3 Å². The first kappa shape index (κ1) is 13.5. The Morgan fingerprint density at radius 2 is 2.58 bits per heavy atom. The van der Waals surface area contributed by atoms with Gasteiger partial charge in [-0.15, -0.1) is 11.3 Å². The molecule has 2 aliphatic rings. The quantitative estimate of drug-likeness (QED) is 0.919. The lowest BCUT2D eigenvalue weighted by atomic mass is 9.73. The van der Waals surface area contributed by atoms with Gasteiger partial charge >= 0.3 is 0 Å². The molecule has 2 aliphatic heterocycles. The monoisotopic (exact) mass is 282 g/mol. The van der Waals surface area contributed by atoms with Crippen molar-refractivity contribution >= 4 is 11.3 Å². The van der Waals surface area contributed by atoms with Gasteiger partial charge in [-0.3, -0.25) is 0 Å². The fraction of sp³-hybridized carbons (Fsp3) is 0.786. The van der Waals surface area contributed by atoms with E-state index in [0.717, 1.165) is 49.8 Å². The van der Waals surface area contributed by atoms with Crippen molar-refractivity contribution in [2.75, 3.05) is 26.3 Å². The second-order valence-electron chi connectivity index (χ2n) is 5.64. The van der Waals surface area contributed by atoms with Crippen LogP contribution in [0.3, 0.4) is 0 Å². The number of fused-ring (bicyclic) bond motifs is 1. The molecule has 0 aliphatic carbocycles. The number of aryl methyl sites for hydroxylation is 1. The van der Waals surface area contributed by atoms with Gasteiger partial charge in [-0.2, -0.15) is 0 Å². The zero-order valence-corrected chi connectivity index (χ0v) is 12.3. The Hall–Kier alpha value is -0.490. The van der Waals surface area contributed by atoms with E-state index in [-0.39, 0.29) is 5.41 Å². The largest absolute Gasteiger partial charge is 0.377 e. The summed E-state index contributed by atoms with van der Waals surface area (Å²) in [5.41, 5.74) is 1.23. The predicted molar refractivity (Wildman–Crippen MR) is 75.4 cm³/mol. The molecule has 0 aromatic carbocycles. The van der Waals surface area contributed by atoms with Crippen molar-refractivity contribution in [3.8, 4) is 0 Å². The summed E-state index contributed by atoms with van der Waals surface area (Å²) in [5, 5.41) is 6.69. The highest BCUT2D eigenvalue weighted by atomic mass is 32.1. The molecule has 5 heteroatoms. The second-order valence-corrected chi connectivity index (χ2v) is 6.70. The van der Waals surface area contributed by atoms with Crippen molar-refractivity contribution in [2.45, 2.75) is 38.9 Å². The molecule has 106 valence electrons. The van der Waals surface area contributed by atoms with Crippen molar-refractivity contribution in [3.05, 3.63) is 16.1 Å². The van der Waals surface area contributed by atoms with Crippen molar-refractivity contribution < 1.29 is 9.47 Å². The lowest BCUT2D eigenvalue weighted by molar-refractivity contribution is -0.132. The Bertz CT molecular complexity index is 409. The van der Waals surface area contributed by atoms with E-state index in [9.17, 15) is 0 Å². The topological polar surface area (TPSA) is 43.4 Å². The van der Waals surface area contributed by atoms with Gasteiger partial charge in [0.25, 0.3) is 0 Å². The van der Waals surface area contributed by atoms with E-state index in [4.69, 9.17) is 9.47 Å². The average Bonchev–Trinajstić information content (AvgIpc) is 2.84. The minimum atomic E-state index is 0.182. The first-order valence-electron chi connectivity index (χ1n) is 7.10. The van der Waals surface area contributed by atoms with Gasteiger partial charge in [-0.25, -0.2) is 4.98 Å². The van der Waals surface area contributed by atoms with Crippen LogP contribution in [0.4, 0.5) is 0 Å². The van der Waals surface area contributed by atoms with E-state index in [1.54, 1.807) is 11.3 Å². The third-order valence-electron chi connectivity index (χ3n) is 4.19. The highest BCUT2D eigenvalue weighted by Crippen LogP contribution is 2.38. The smallest absolute Gasteiger partial charge is 0.0898 e. The summed E-state index contributed by atoms with van der Waals surface area (Å²) >= 11 is 1.68. The molecule has 2 atom stereocenters. The number of thiazole rings is 1. The van der Waals surface area contributed by atoms with Crippen LogP contribution < -0.4 is 5.32 Å². The number of aromatic nitrogens is 1. The average molecular weight is 282 g/mol. The lowest BCUT2D eigenvalue weighted by Gasteiger charge is -2.47. The molecule has 4 nitrogen and oxygen atoms in total. The van der Waals surface area contributed by atoms with Gasteiger partial charge < -0.3 is 14.8 Å². The third-order valence-corrected chi connectivity index (χ3v) is 5.01. The fourth-order valence-electron chi connectivity index (χ4n) is 3.20. The van der Waals surface area contributed by atoms with Crippen molar-refractivity contribution in [1.82, 2.24) is 10.3 Å². The molecule has 0 saturated carbocycles. The van der Waals surface area contributed by atoms with Gasteiger partial charge in [0.1, 0.15) is 0 Å². The third kappa shape index (κ3) is 2.99. The molecule has 0 spiro atoms. The first-order valence-corrected chi connectivity index (χ1v) is 7.98. The van der Waals surface area contributed by atoms with E-state index in [1.165, 1.54) is 6.42 Å². The molecule has 19 heavy (non-hydrogen) atoms. The molecular weight excluding hydrogens is 260 g/mol. The van der Waals surface area contributed by atoms with Crippen LogP contribution in [0.5, 0.6) is 0 Å². The molecular formula is C14H22N2O2S. The van der Waals surface area contributed by atoms with Gasteiger partial charge in [-0.05, 0) is 32.7 Å². The Kier molecular flexibility index (Phi) is 4.17. The summed E-state index contributed by atoms with van der Waals surface area (Å²) in [5.74, 6) is 0. The summed E-state index contributed by atoms with van der Waals surface area (Å²) in [6.07, 6.45) is 3.84. The summed E-state index contributed by atoms with van der Waals surface area (Å²) < 4.78 is 11.9. The van der Waals surface area contributed by atoms with E-state index in [1.807, 2.05) is 6.92 Å². The van der Waals surface area contributed by atoms with E-state index < -0.39 is 0 Å². The Morgan fingerprint density at radius 3 is 3.42 bits per heavy atom. The first-order chi connectivity index (χ1) is 9.28. The number of nitrogens with one attached hydrogen (secondary N) is 1. The lowest BCUT2D eigenvalue weighted by Crippen LogP contribution is -2.55. The Labute approximate surface area is 118 Å². The maximum atomic E-state index is 5.96. The molecule has 1 aromatic heterocycles. The van der Waals surface area contributed by atoms with Crippen molar-refractivity contribution in [1.29, 1.82) is 0 Å². The molecule has 0 bridgehead atoms. The predicted octanol–water partition coefficient (Wildman–Crippen LogP) is 2.13. The van der Waals surface area contributed by atoms with Crippen molar-refractivity contribution in [2.24, 2.45) is 5.41 Å². The molecule has 0 amide bonds. The molecule has 2 unspecified atom stereocenters. The minimum Gasteiger partial charge on any atom is -0.377 e. The zero-order valence-electron chi connectivity index (χ0n) is 11.5. The molecule has 2 fully saturated rings. The van der Waals surface area contributed by atoms with Crippen LogP contribution in [-0.4, -0.2) is 37.4 Å². The fourth-order valence-corrected chi connectivity index (χ4v) is 3.80. The van der Waals surface area contributed by atoms with Gasteiger partial charge in [-0.1, -0.05) is 0 Å². The van der Waals surface area contributed by atoms with E-state index in [0.29, 0.717) is 12.7 Å². The normalized spacial score (nSPS) is 31.1. The van der Waals surface area contributed by atoms with Gasteiger partial charge in [0.2, 0.25) is 0 Å². The van der Waals surface area contributed by atoms with Gasteiger partial charge in [0.05, 0.1) is 30.0 Å². The highest BCUT2D eigenvalue weighted by molar-refractivity contribution is 7.09. The molecule has 1 N–H and O–H groups in total.